The van der Waals surface area contributed by atoms with E-state index in [9.17, 15) is 19.1 Å². The van der Waals surface area contributed by atoms with Crippen LogP contribution in [0.2, 0.25) is 0 Å². The molecule has 2 heterocycles. The smallest absolute Gasteiger partial charge is 0.273 e. The summed E-state index contributed by atoms with van der Waals surface area (Å²) in [6.45, 7) is 3.59. The van der Waals surface area contributed by atoms with E-state index in [1.54, 1.807) is 23.7 Å². The number of nitrogens with one attached hydrogen (secondary N) is 1. The van der Waals surface area contributed by atoms with Gasteiger partial charge >= 0.3 is 0 Å². The van der Waals surface area contributed by atoms with E-state index >= 15 is 0 Å². The summed E-state index contributed by atoms with van der Waals surface area (Å²) in [5.41, 5.74) is 3.82. The van der Waals surface area contributed by atoms with Crippen LogP contribution in [-0.2, 0) is 22.3 Å². The molecule has 4 rings (SSSR count). The Morgan fingerprint density at radius 1 is 1.17 bits per heavy atom. The highest BCUT2D eigenvalue weighted by atomic mass is 32.2. The van der Waals surface area contributed by atoms with Gasteiger partial charge in [-0.1, -0.05) is 23.8 Å². The first-order valence-electron chi connectivity index (χ1n) is 8.92. The maximum Gasteiger partial charge on any atom is 0.273 e. The van der Waals surface area contributed by atoms with Crippen molar-refractivity contribution in [1.29, 1.82) is 0 Å². The highest BCUT2D eigenvalue weighted by molar-refractivity contribution is 7.83. The molecule has 148 valence electrons. The standard InChI is InChI=1S/C20H18N4O4S/c1-12-3-7-15(8-4-12)23-19(16-10-29(28)11-17(16)22-23)21-20(25)14-6-5-13(2)18(9-14)24(26)27/h3-9H,10-11H2,1-2H3,(H,21,25)/t29-/m1/s1. The normalized spacial score (nSPS) is 15.2. The molecular formula is C20H18N4O4S. The number of rotatable bonds is 4. The fraction of sp³-hybridized carbons (Fsp3) is 0.200. The molecular weight excluding hydrogens is 392 g/mol. The molecule has 0 fully saturated rings. The maximum atomic E-state index is 12.9. The zero-order chi connectivity index (χ0) is 20.7. The van der Waals surface area contributed by atoms with Gasteiger partial charge in [-0.2, -0.15) is 5.10 Å². The van der Waals surface area contributed by atoms with Gasteiger partial charge in [0.2, 0.25) is 0 Å². The van der Waals surface area contributed by atoms with E-state index < -0.39 is 21.6 Å². The summed E-state index contributed by atoms with van der Waals surface area (Å²) in [6.07, 6.45) is 0. The summed E-state index contributed by atoms with van der Waals surface area (Å²) >= 11 is 0. The summed E-state index contributed by atoms with van der Waals surface area (Å²) < 4.78 is 13.6. The molecule has 3 aromatic rings. The van der Waals surface area contributed by atoms with E-state index in [2.05, 4.69) is 10.4 Å². The minimum Gasteiger partial charge on any atom is -0.306 e. The Labute approximate surface area is 169 Å². The van der Waals surface area contributed by atoms with E-state index in [-0.39, 0.29) is 11.3 Å². The first-order valence-corrected chi connectivity index (χ1v) is 10.4. The molecule has 1 aliphatic rings. The average molecular weight is 410 g/mol. The van der Waals surface area contributed by atoms with E-state index in [1.165, 1.54) is 6.07 Å². The number of anilines is 1. The number of benzene rings is 2. The zero-order valence-corrected chi connectivity index (χ0v) is 16.7. The summed E-state index contributed by atoms with van der Waals surface area (Å²) in [6, 6.07) is 12.0. The van der Waals surface area contributed by atoms with Gasteiger partial charge in [-0.15, -0.1) is 0 Å². The highest BCUT2D eigenvalue weighted by Gasteiger charge is 2.28. The maximum absolute atomic E-state index is 12.9. The van der Waals surface area contributed by atoms with Gasteiger partial charge in [-0.3, -0.25) is 19.1 Å². The molecule has 0 radical (unpaired) electrons. The van der Waals surface area contributed by atoms with Crippen molar-refractivity contribution in [2.24, 2.45) is 0 Å². The molecule has 1 N–H and O–H groups in total. The molecule has 8 nitrogen and oxygen atoms in total. The van der Waals surface area contributed by atoms with Crippen LogP contribution < -0.4 is 5.32 Å². The fourth-order valence-corrected chi connectivity index (χ4v) is 4.52. The molecule has 0 saturated carbocycles. The number of amides is 1. The third-order valence-corrected chi connectivity index (χ3v) is 6.05. The predicted octanol–water partition coefficient (Wildman–Crippen LogP) is 3.41. The minimum atomic E-state index is -1.06. The molecule has 0 bridgehead atoms. The lowest BCUT2D eigenvalue weighted by Crippen LogP contribution is -2.17. The van der Waals surface area contributed by atoms with Crippen molar-refractivity contribution in [1.82, 2.24) is 9.78 Å². The van der Waals surface area contributed by atoms with Crippen molar-refractivity contribution in [3.05, 3.63) is 80.5 Å². The van der Waals surface area contributed by atoms with Gasteiger partial charge in [-0.05, 0) is 32.0 Å². The molecule has 1 amide bonds. The van der Waals surface area contributed by atoms with Gasteiger partial charge in [0.25, 0.3) is 11.6 Å². The Kier molecular flexibility index (Phi) is 4.75. The van der Waals surface area contributed by atoms with Gasteiger partial charge in [0, 0.05) is 33.6 Å². The van der Waals surface area contributed by atoms with Gasteiger partial charge in [0.05, 0.1) is 27.8 Å². The third-order valence-electron chi connectivity index (χ3n) is 4.85. The Hall–Kier alpha value is -3.33. The lowest BCUT2D eigenvalue weighted by molar-refractivity contribution is -0.385. The van der Waals surface area contributed by atoms with Crippen LogP contribution in [-0.4, -0.2) is 24.8 Å². The highest BCUT2D eigenvalue weighted by Crippen LogP contribution is 2.32. The van der Waals surface area contributed by atoms with Crippen molar-refractivity contribution >= 4 is 28.2 Å². The molecule has 1 atom stereocenters. The van der Waals surface area contributed by atoms with Crippen molar-refractivity contribution in [3.8, 4) is 5.69 Å². The molecule has 9 heteroatoms. The van der Waals surface area contributed by atoms with Crippen LogP contribution in [0.4, 0.5) is 11.5 Å². The largest absolute Gasteiger partial charge is 0.306 e. The Balaban J connectivity index is 1.74. The molecule has 2 aromatic carbocycles. The minimum absolute atomic E-state index is 0.115. The first kappa shape index (κ1) is 19.0. The molecule has 1 aliphatic heterocycles. The van der Waals surface area contributed by atoms with E-state index in [0.717, 1.165) is 16.8 Å². The van der Waals surface area contributed by atoms with Crippen LogP contribution in [0.3, 0.4) is 0 Å². The number of nitrogens with zero attached hydrogens (tertiary/aromatic N) is 3. The monoisotopic (exact) mass is 410 g/mol. The summed E-state index contributed by atoms with van der Waals surface area (Å²) in [5.74, 6) is 0.613. The number of nitro benzene ring substituents is 1. The van der Waals surface area contributed by atoms with Crippen LogP contribution in [0.15, 0.2) is 42.5 Å². The zero-order valence-electron chi connectivity index (χ0n) is 15.8. The lowest BCUT2D eigenvalue weighted by Gasteiger charge is -2.11. The Bertz CT molecular complexity index is 1170. The summed E-state index contributed by atoms with van der Waals surface area (Å²) in [4.78, 5) is 23.6. The molecule has 1 aromatic heterocycles. The number of fused-ring (bicyclic) bond motifs is 1. The van der Waals surface area contributed by atoms with Crippen molar-refractivity contribution in [3.63, 3.8) is 0 Å². The van der Waals surface area contributed by atoms with Crippen LogP contribution in [0, 0.1) is 24.0 Å². The SMILES string of the molecule is Cc1ccc(-n2nc3c(c2NC(=O)c2ccc(C)c([N+](=O)[O-])c2)C[S@@](=O)C3)cc1. The number of aromatic nitrogens is 2. The molecule has 29 heavy (non-hydrogen) atoms. The number of aryl methyl sites for hydroxylation is 2. The molecule has 0 unspecified atom stereocenters. The van der Waals surface area contributed by atoms with Gasteiger partial charge in [0.1, 0.15) is 5.82 Å². The van der Waals surface area contributed by atoms with Crippen LogP contribution in [0.1, 0.15) is 32.7 Å². The van der Waals surface area contributed by atoms with Crippen molar-refractivity contribution in [2.45, 2.75) is 25.4 Å². The quantitative estimate of drug-likeness (QED) is 0.524. The third kappa shape index (κ3) is 3.56. The fourth-order valence-electron chi connectivity index (χ4n) is 3.26. The topological polar surface area (TPSA) is 107 Å². The van der Waals surface area contributed by atoms with Gasteiger partial charge in [0.15, 0.2) is 0 Å². The second-order valence-electron chi connectivity index (χ2n) is 6.96. The van der Waals surface area contributed by atoms with Crippen molar-refractivity contribution in [2.75, 3.05) is 5.32 Å². The van der Waals surface area contributed by atoms with E-state index in [0.29, 0.717) is 28.6 Å². The second-order valence-corrected chi connectivity index (χ2v) is 8.42. The number of carbonyl (C=O) groups is 1. The van der Waals surface area contributed by atoms with Crippen LogP contribution in [0.5, 0.6) is 0 Å². The second kappa shape index (κ2) is 7.25. The van der Waals surface area contributed by atoms with Crippen LogP contribution >= 0.6 is 0 Å². The van der Waals surface area contributed by atoms with Crippen molar-refractivity contribution < 1.29 is 13.9 Å². The number of nitro groups is 1. The number of hydrogen-bond donors (Lipinski definition) is 1. The predicted molar refractivity (Wildman–Crippen MR) is 110 cm³/mol. The average Bonchev–Trinajstić information content (AvgIpc) is 3.19. The first-order chi connectivity index (χ1) is 13.8. The summed E-state index contributed by atoms with van der Waals surface area (Å²) in [7, 11) is -1.06. The Morgan fingerprint density at radius 2 is 1.90 bits per heavy atom. The number of carbonyl (C=O) groups excluding carboxylic acids is 1. The van der Waals surface area contributed by atoms with Crippen LogP contribution in [0.25, 0.3) is 5.69 Å². The molecule has 0 aliphatic carbocycles. The Morgan fingerprint density at radius 3 is 2.59 bits per heavy atom. The van der Waals surface area contributed by atoms with Gasteiger partial charge < -0.3 is 5.32 Å². The number of hydrogen-bond acceptors (Lipinski definition) is 5. The lowest BCUT2D eigenvalue weighted by atomic mass is 10.1. The summed E-state index contributed by atoms with van der Waals surface area (Å²) in [5, 5.41) is 18.6. The van der Waals surface area contributed by atoms with E-state index in [1.807, 2.05) is 31.2 Å². The molecule has 0 spiro atoms. The van der Waals surface area contributed by atoms with Gasteiger partial charge in [-0.25, -0.2) is 4.68 Å². The molecule has 0 saturated heterocycles. The van der Waals surface area contributed by atoms with E-state index in [4.69, 9.17) is 0 Å².